The van der Waals surface area contributed by atoms with Gasteiger partial charge in [-0.1, -0.05) is 48.5 Å². The number of anilines is 1. The van der Waals surface area contributed by atoms with Gasteiger partial charge < -0.3 is 10.0 Å². The number of sulfonamides is 1. The van der Waals surface area contributed by atoms with Gasteiger partial charge in [-0.2, -0.15) is 17.5 Å². The molecule has 5 nitrogen and oxygen atoms in total. The molecule has 1 aliphatic heterocycles. The van der Waals surface area contributed by atoms with Crippen LogP contribution < -0.4 is 4.90 Å². The highest BCUT2D eigenvalue weighted by atomic mass is 32.2. The van der Waals surface area contributed by atoms with E-state index in [0.29, 0.717) is 18.7 Å². The summed E-state index contributed by atoms with van der Waals surface area (Å²) in [5.41, 5.74) is -1.50. The van der Waals surface area contributed by atoms with Gasteiger partial charge in [-0.25, -0.2) is 8.42 Å². The number of halogens is 3. The number of thiophene rings is 1. The molecule has 0 aliphatic carbocycles. The Balaban J connectivity index is 1.62. The molecule has 10 heteroatoms. The van der Waals surface area contributed by atoms with Crippen LogP contribution in [-0.2, 0) is 22.0 Å². The molecule has 1 aliphatic rings. The summed E-state index contributed by atoms with van der Waals surface area (Å²) in [7, 11) is -3.62. The molecule has 2 heterocycles. The summed E-state index contributed by atoms with van der Waals surface area (Å²) in [4.78, 5) is 2.03. The SMILES string of the molecule is C[C@@](O)(c1ccc(N2CCN(S(=O)(=O)c3cccs3)C[C@@H]2Cc2ccccc2)cc1)C(F)(F)F. The molecule has 0 saturated carbocycles. The number of rotatable bonds is 6. The standard InChI is InChI=1S/C24H25F3N2O3S2/c1-23(30,24(25,26)27)19-9-11-20(12-10-19)29-14-13-28(34(31,32)22-8-5-15-33-22)17-21(29)16-18-6-3-2-4-7-18/h2-12,15,21,30H,13-14,16-17H2,1H3/t21-,23+/m0/s1. The van der Waals surface area contributed by atoms with Gasteiger partial charge in [-0.05, 0) is 48.1 Å². The van der Waals surface area contributed by atoms with E-state index >= 15 is 0 Å². The number of benzene rings is 2. The Bertz CT molecular complexity index is 1200. The van der Waals surface area contributed by atoms with Gasteiger partial charge in [0.2, 0.25) is 0 Å². The number of hydrogen-bond acceptors (Lipinski definition) is 5. The van der Waals surface area contributed by atoms with Crippen molar-refractivity contribution in [2.45, 2.75) is 35.4 Å². The van der Waals surface area contributed by atoms with E-state index in [9.17, 15) is 26.7 Å². The molecule has 0 amide bonds. The third kappa shape index (κ3) is 4.86. The summed E-state index contributed by atoms with van der Waals surface area (Å²) in [6.45, 7) is 1.62. The summed E-state index contributed by atoms with van der Waals surface area (Å²) in [5, 5.41) is 11.7. The van der Waals surface area contributed by atoms with Crippen molar-refractivity contribution < 1.29 is 26.7 Å². The highest BCUT2D eigenvalue weighted by Crippen LogP contribution is 2.39. The molecule has 2 aromatic carbocycles. The fraction of sp³-hybridized carbons (Fsp3) is 0.333. The molecule has 0 bridgehead atoms. The van der Waals surface area contributed by atoms with Crippen LogP contribution in [-0.4, -0.2) is 49.7 Å². The van der Waals surface area contributed by atoms with Gasteiger partial charge in [0.15, 0.2) is 5.60 Å². The van der Waals surface area contributed by atoms with Crippen LogP contribution in [0, 0.1) is 0 Å². The van der Waals surface area contributed by atoms with Crippen LogP contribution in [0.15, 0.2) is 76.3 Å². The van der Waals surface area contributed by atoms with Gasteiger partial charge in [-0.15, -0.1) is 11.3 Å². The first-order valence-corrected chi connectivity index (χ1v) is 13.1. The summed E-state index contributed by atoms with van der Waals surface area (Å²) in [6, 6.07) is 18.4. The maximum absolute atomic E-state index is 13.2. The number of hydrogen-bond donors (Lipinski definition) is 1. The van der Waals surface area contributed by atoms with Crippen LogP contribution >= 0.6 is 11.3 Å². The van der Waals surface area contributed by atoms with Crippen LogP contribution in [0.3, 0.4) is 0 Å². The zero-order valence-corrected chi connectivity index (χ0v) is 20.1. The van der Waals surface area contributed by atoms with Crippen molar-refractivity contribution in [3.63, 3.8) is 0 Å². The second-order valence-corrected chi connectivity index (χ2v) is 11.6. The first kappa shape index (κ1) is 24.7. The van der Waals surface area contributed by atoms with Gasteiger partial charge >= 0.3 is 6.18 Å². The lowest BCUT2D eigenvalue weighted by molar-refractivity contribution is -0.258. The van der Waals surface area contributed by atoms with Gasteiger partial charge in [0.25, 0.3) is 10.0 Å². The molecular formula is C24H25F3N2O3S2. The van der Waals surface area contributed by atoms with Crippen molar-refractivity contribution in [1.82, 2.24) is 4.31 Å². The predicted octanol–water partition coefficient (Wildman–Crippen LogP) is 4.64. The topological polar surface area (TPSA) is 60.9 Å². The molecule has 182 valence electrons. The van der Waals surface area contributed by atoms with E-state index in [4.69, 9.17) is 0 Å². The van der Waals surface area contributed by atoms with Gasteiger partial charge in [0.05, 0.1) is 0 Å². The summed E-state index contributed by atoms with van der Waals surface area (Å²) < 4.78 is 67.7. The maximum atomic E-state index is 13.2. The summed E-state index contributed by atoms with van der Waals surface area (Å²) in [5.74, 6) is 0. The lowest BCUT2D eigenvalue weighted by Crippen LogP contribution is -2.55. The molecule has 0 unspecified atom stereocenters. The average molecular weight is 511 g/mol. The highest BCUT2D eigenvalue weighted by molar-refractivity contribution is 7.91. The Morgan fingerprint density at radius 3 is 2.26 bits per heavy atom. The average Bonchev–Trinajstić information content (AvgIpc) is 3.35. The zero-order valence-electron chi connectivity index (χ0n) is 18.4. The van der Waals surface area contributed by atoms with Crippen molar-refractivity contribution in [1.29, 1.82) is 0 Å². The molecule has 34 heavy (non-hydrogen) atoms. The van der Waals surface area contributed by atoms with E-state index in [0.717, 1.165) is 12.5 Å². The normalized spacial score (nSPS) is 19.7. The molecular weight excluding hydrogens is 485 g/mol. The Kier molecular flexibility index (Phi) is 6.78. The molecule has 4 rings (SSSR count). The van der Waals surface area contributed by atoms with Crippen molar-refractivity contribution in [3.05, 3.63) is 83.2 Å². The number of piperazine rings is 1. The lowest BCUT2D eigenvalue weighted by Gasteiger charge is -2.42. The van der Waals surface area contributed by atoms with E-state index in [2.05, 4.69) is 0 Å². The van der Waals surface area contributed by atoms with Gasteiger partial charge in [-0.3, -0.25) is 0 Å². The van der Waals surface area contributed by atoms with E-state index in [1.54, 1.807) is 29.6 Å². The summed E-state index contributed by atoms with van der Waals surface area (Å²) >= 11 is 1.17. The zero-order chi connectivity index (χ0) is 24.6. The molecule has 1 aromatic heterocycles. The quantitative estimate of drug-likeness (QED) is 0.525. The van der Waals surface area contributed by atoms with Crippen LogP contribution in [0.25, 0.3) is 0 Å². The first-order valence-electron chi connectivity index (χ1n) is 10.7. The molecule has 1 saturated heterocycles. The van der Waals surface area contributed by atoms with Crippen LogP contribution in [0.2, 0.25) is 0 Å². The second kappa shape index (κ2) is 9.33. The smallest absolute Gasteiger partial charge is 0.376 e. The number of alkyl halides is 3. The largest absolute Gasteiger partial charge is 0.421 e. The van der Waals surface area contributed by atoms with Crippen molar-refractivity contribution in [3.8, 4) is 0 Å². The Hall–Kier alpha value is -2.40. The Labute approximate surface area is 201 Å². The highest BCUT2D eigenvalue weighted by Gasteiger charge is 2.51. The first-order chi connectivity index (χ1) is 16.0. The lowest BCUT2D eigenvalue weighted by atomic mass is 9.94. The molecule has 2 atom stereocenters. The number of aliphatic hydroxyl groups is 1. The fourth-order valence-electron chi connectivity index (χ4n) is 4.12. The van der Waals surface area contributed by atoms with Crippen molar-refractivity contribution in [2.75, 3.05) is 24.5 Å². The fourth-order valence-corrected chi connectivity index (χ4v) is 6.74. The van der Waals surface area contributed by atoms with E-state index in [-0.39, 0.29) is 28.9 Å². The molecule has 1 fully saturated rings. The van der Waals surface area contributed by atoms with Gasteiger partial charge in [0, 0.05) is 31.4 Å². The minimum Gasteiger partial charge on any atom is -0.376 e. The number of nitrogens with zero attached hydrogens (tertiary/aromatic N) is 2. The maximum Gasteiger partial charge on any atom is 0.421 e. The minimum absolute atomic E-state index is 0.222. The Morgan fingerprint density at radius 1 is 1.00 bits per heavy atom. The minimum atomic E-state index is -4.80. The predicted molar refractivity (Wildman–Crippen MR) is 126 cm³/mol. The Morgan fingerprint density at radius 2 is 1.68 bits per heavy atom. The molecule has 0 radical (unpaired) electrons. The third-order valence-electron chi connectivity index (χ3n) is 6.16. The third-order valence-corrected chi connectivity index (χ3v) is 9.40. The van der Waals surface area contributed by atoms with Crippen LogP contribution in [0.5, 0.6) is 0 Å². The second-order valence-electron chi connectivity index (χ2n) is 8.45. The van der Waals surface area contributed by atoms with Gasteiger partial charge in [0.1, 0.15) is 4.21 Å². The van der Waals surface area contributed by atoms with Crippen molar-refractivity contribution >= 4 is 27.0 Å². The van der Waals surface area contributed by atoms with E-state index in [1.165, 1.54) is 27.8 Å². The van der Waals surface area contributed by atoms with Crippen LogP contribution in [0.1, 0.15) is 18.1 Å². The van der Waals surface area contributed by atoms with E-state index < -0.39 is 21.8 Å². The van der Waals surface area contributed by atoms with Crippen LogP contribution in [0.4, 0.5) is 18.9 Å². The summed E-state index contributed by atoms with van der Waals surface area (Å²) in [6.07, 6.45) is -4.23. The van der Waals surface area contributed by atoms with E-state index in [1.807, 2.05) is 35.2 Å². The van der Waals surface area contributed by atoms with Crippen molar-refractivity contribution in [2.24, 2.45) is 0 Å². The molecule has 3 aromatic rings. The molecule has 1 N–H and O–H groups in total. The monoisotopic (exact) mass is 510 g/mol. The molecule has 0 spiro atoms.